The topological polar surface area (TPSA) is 0 Å². The molecule has 0 amide bonds. The molecular weight excluding hydrogens is 556 g/mol. The van der Waals surface area contributed by atoms with Crippen LogP contribution in [0.15, 0.2) is 0 Å². The van der Waals surface area contributed by atoms with Crippen molar-refractivity contribution in [2.45, 2.75) is 232 Å². The molecule has 0 fully saturated rings. The predicted octanol–water partition coefficient (Wildman–Crippen LogP) is 14.4. The quantitative estimate of drug-likeness (QED) is 0.0459. The minimum atomic E-state index is 1.21. The second kappa shape index (κ2) is 34.8. The van der Waals surface area contributed by atoms with E-state index >= 15 is 0 Å². The first-order valence-electron chi connectivity index (χ1n) is 22.0. The van der Waals surface area contributed by atoms with Gasteiger partial charge in [-0.2, -0.15) is 0 Å². The van der Waals surface area contributed by atoms with E-state index < -0.39 is 0 Å². The van der Waals surface area contributed by atoms with Gasteiger partial charge >= 0.3 is 0 Å². The Morgan fingerprint density at radius 1 is 0.196 bits per heavy atom. The maximum Gasteiger partial charge on any atom is 0.128 e. The van der Waals surface area contributed by atoms with Crippen LogP contribution >= 0.6 is 0 Å². The molecule has 0 saturated heterocycles. The van der Waals surface area contributed by atoms with E-state index in [2.05, 4.69) is 42.0 Å². The van der Waals surface area contributed by atoms with E-state index in [9.17, 15) is 0 Å². The zero-order valence-corrected chi connectivity index (χ0v) is 33.8. The van der Waals surface area contributed by atoms with Crippen LogP contribution in [0.1, 0.15) is 232 Å². The molecule has 0 aliphatic rings. The summed E-state index contributed by atoms with van der Waals surface area (Å²) in [6.45, 7) is 9.99. The lowest BCUT2D eigenvalue weighted by Crippen LogP contribution is -2.51. The third-order valence-electron chi connectivity index (χ3n) is 11.0. The molecule has 0 radical (unpaired) electrons. The van der Waals surface area contributed by atoms with Crippen LogP contribution in [-0.2, 0) is 0 Å². The maximum atomic E-state index is 2.47. The van der Waals surface area contributed by atoms with Crippen LogP contribution in [-0.4, -0.2) is 63.3 Å². The highest BCUT2D eigenvalue weighted by Gasteiger charge is 2.22. The number of quaternary nitrogens is 2. The van der Waals surface area contributed by atoms with Crippen LogP contribution in [0.5, 0.6) is 0 Å². The molecule has 0 aliphatic carbocycles. The molecule has 46 heavy (non-hydrogen) atoms. The highest BCUT2D eigenvalue weighted by atomic mass is 15.4. The van der Waals surface area contributed by atoms with Gasteiger partial charge < -0.3 is 8.97 Å². The monoisotopic (exact) mass is 651 g/mol. The third-order valence-corrected chi connectivity index (χ3v) is 11.0. The largest absolute Gasteiger partial charge is 0.324 e. The Balaban J connectivity index is 3.48. The van der Waals surface area contributed by atoms with Crippen molar-refractivity contribution >= 4 is 0 Å². The molecule has 0 heterocycles. The fourth-order valence-corrected chi connectivity index (χ4v) is 7.29. The van der Waals surface area contributed by atoms with Gasteiger partial charge in [-0.25, -0.2) is 0 Å². The molecule has 0 aromatic heterocycles. The Kier molecular flexibility index (Phi) is 34.7. The van der Waals surface area contributed by atoms with E-state index in [-0.39, 0.29) is 0 Å². The van der Waals surface area contributed by atoms with Crippen molar-refractivity contribution in [3.05, 3.63) is 0 Å². The van der Waals surface area contributed by atoms with Crippen LogP contribution in [0.3, 0.4) is 0 Å². The van der Waals surface area contributed by atoms with E-state index in [1.54, 1.807) is 0 Å². The van der Waals surface area contributed by atoms with Crippen molar-refractivity contribution in [1.29, 1.82) is 0 Å². The highest BCUT2D eigenvalue weighted by Crippen LogP contribution is 2.17. The summed E-state index contributed by atoms with van der Waals surface area (Å²) in [6, 6.07) is 0. The fraction of sp³-hybridized carbons (Fsp3) is 1.00. The lowest BCUT2D eigenvalue weighted by atomic mass is 10.0. The second-order valence-electron chi connectivity index (χ2n) is 17.1. The first-order valence-corrected chi connectivity index (χ1v) is 22.0. The lowest BCUT2D eigenvalue weighted by molar-refractivity contribution is -0.946. The average molecular weight is 651 g/mol. The Hall–Kier alpha value is -0.0800. The molecule has 0 bridgehead atoms. The number of hydrogen-bond donors (Lipinski definition) is 0. The van der Waals surface area contributed by atoms with Crippen LogP contribution in [0.4, 0.5) is 0 Å². The maximum absolute atomic E-state index is 2.47. The van der Waals surface area contributed by atoms with Gasteiger partial charge in [-0.1, -0.05) is 206 Å². The minimum absolute atomic E-state index is 1.21. The average Bonchev–Trinajstić information content (AvgIpc) is 3.03. The van der Waals surface area contributed by atoms with Gasteiger partial charge in [0.05, 0.1) is 41.3 Å². The highest BCUT2D eigenvalue weighted by molar-refractivity contribution is 4.52. The molecule has 0 N–H and O–H groups in total. The van der Waals surface area contributed by atoms with Gasteiger partial charge in [0.2, 0.25) is 0 Å². The van der Waals surface area contributed by atoms with Crippen LogP contribution < -0.4 is 0 Å². The van der Waals surface area contributed by atoms with Gasteiger partial charge in [0.25, 0.3) is 0 Å². The molecule has 0 rings (SSSR count). The van der Waals surface area contributed by atoms with Crippen molar-refractivity contribution in [3.8, 4) is 0 Å². The Morgan fingerprint density at radius 3 is 0.522 bits per heavy atom. The zero-order valence-electron chi connectivity index (χ0n) is 33.8. The summed E-state index contributed by atoms with van der Waals surface area (Å²) < 4.78 is 2.42. The predicted molar refractivity (Wildman–Crippen MR) is 212 cm³/mol. The minimum Gasteiger partial charge on any atom is -0.324 e. The molecule has 0 spiro atoms. The third kappa shape index (κ3) is 36.8. The Labute approximate surface area is 294 Å². The van der Waals surface area contributed by atoms with Gasteiger partial charge in [0.1, 0.15) is 13.1 Å². The van der Waals surface area contributed by atoms with Crippen molar-refractivity contribution in [3.63, 3.8) is 0 Å². The van der Waals surface area contributed by atoms with Gasteiger partial charge in [-0.15, -0.1) is 0 Å². The molecule has 0 unspecified atom stereocenters. The molecule has 2 nitrogen and oxygen atoms in total. The van der Waals surface area contributed by atoms with E-state index in [0.29, 0.717) is 0 Å². The zero-order chi connectivity index (χ0) is 33.9. The van der Waals surface area contributed by atoms with Crippen LogP contribution in [0.25, 0.3) is 0 Å². The standard InChI is InChI=1S/C44H94N2/c1-7-9-11-13-15-17-19-21-23-25-27-29-31-33-35-37-39-41-45(3,4)43-44-46(5,6)42-40-38-36-34-32-30-28-26-24-22-20-18-16-14-12-10-8-2/h7-44H2,1-6H3/q+2. The number of rotatable bonds is 39. The number of hydrogen-bond acceptors (Lipinski definition) is 0. The van der Waals surface area contributed by atoms with E-state index in [4.69, 9.17) is 0 Å². The molecule has 278 valence electrons. The second-order valence-corrected chi connectivity index (χ2v) is 17.1. The molecular formula is C44H94N2+2. The van der Waals surface area contributed by atoms with Crippen molar-refractivity contribution in [2.75, 3.05) is 54.4 Å². The van der Waals surface area contributed by atoms with E-state index in [1.807, 2.05) is 0 Å². The Bertz CT molecular complexity index is 518. The lowest BCUT2D eigenvalue weighted by Gasteiger charge is -2.36. The van der Waals surface area contributed by atoms with Gasteiger partial charge in [-0.3, -0.25) is 0 Å². The summed E-state index contributed by atoms with van der Waals surface area (Å²) in [5, 5.41) is 0. The summed E-state index contributed by atoms with van der Waals surface area (Å²) in [5.74, 6) is 0. The van der Waals surface area contributed by atoms with Crippen molar-refractivity contribution in [1.82, 2.24) is 0 Å². The summed E-state index contributed by atoms with van der Waals surface area (Å²) in [7, 11) is 9.90. The summed E-state index contributed by atoms with van der Waals surface area (Å²) in [5.41, 5.74) is 0. The smallest absolute Gasteiger partial charge is 0.128 e. The number of nitrogens with zero attached hydrogens (tertiary/aromatic N) is 2. The molecule has 0 atom stereocenters. The summed E-state index contributed by atoms with van der Waals surface area (Å²) in [6.07, 6.45) is 49.7. The molecule has 0 aliphatic heterocycles. The molecule has 2 heteroatoms. The summed E-state index contributed by atoms with van der Waals surface area (Å²) >= 11 is 0. The fourth-order valence-electron chi connectivity index (χ4n) is 7.29. The van der Waals surface area contributed by atoms with E-state index in [1.165, 1.54) is 253 Å². The van der Waals surface area contributed by atoms with E-state index in [0.717, 1.165) is 0 Å². The van der Waals surface area contributed by atoms with Crippen LogP contribution in [0, 0.1) is 0 Å². The molecule has 0 aromatic carbocycles. The first-order chi connectivity index (χ1) is 22.3. The van der Waals surface area contributed by atoms with Gasteiger partial charge in [0, 0.05) is 0 Å². The van der Waals surface area contributed by atoms with Crippen LogP contribution in [0.2, 0.25) is 0 Å². The summed E-state index contributed by atoms with van der Waals surface area (Å²) in [4.78, 5) is 0. The first kappa shape index (κ1) is 45.9. The Morgan fingerprint density at radius 2 is 0.348 bits per heavy atom. The van der Waals surface area contributed by atoms with Crippen molar-refractivity contribution in [2.24, 2.45) is 0 Å². The van der Waals surface area contributed by atoms with Crippen molar-refractivity contribution < 1.29 is 8.97 Å². The SMILES string of the molecule is CCCCCCCCCCCCCCCCCCC[N+](C)(C)CC[N+](C)(C)CCCCCCCCCCCCCCCCCCC. The normalized spacial score (nSPS) is 12.4. The molecule has 0 saturated carbocycles. The number of likely N-dealkylation sites (N-methyl/N-ethyl adjacent to an activating group) is 2. The molecule has 0 aromatic rings. The number of unbranched alkanes of at least 4 members (excludes halogenated alkanes) is 32. The van der Waals surface area contributed by atoms with Gasteiger partial charge in [0.15, 0.2) is 0 Å². The van der Waals surface area contributed by atoms with Gasteiger partial charge in [-0.05, 0) is 25.7 Å².